The lowest BCUT2D eigenvalue weighted by Gasteiger charge is -2.26. The van der Waals surface area contributed by atoms with Gasteiger partial charge in [0.15, 0.2) is 5.12 Å². The monoisotopic (exact) mass is 190 g/mol. The number of carbonyl (C=O) groups excluding carboxylic acids is 1. The first-order valence-electron chi connectivity index (χ1n) is 3.69. The highest BCUT2D eigenvalue weighted by molar-refractivity contribution is 8.14. The van der Waals surface area contributed by atoms with Crippen LogP contribution < -0.4 is 0 Å². The first-order valence-corrected chi connectivity index (χ1v) is 4.51. The van der Waals surface area contributed by atoms with Crippen molar-refractivity contribution >= 4 is 22.8 Å². The van der Waals surface area contributed by atoms with Gasteiger partial charge in [0, 0.05) is 11.7 Å². The Balaban J connectivity index is 4.38. The van der Waals surface area contributed by atoms with Crippen molar-refractivity contribution < 1.29 is 14.7 Å². The minimum Gasteiger partial charge on any atom is -0.481 e. The lowest BCUT2D eigenvalue weighted by Crippen LogP contribution is -2.32. The number of carboxylic acid groups (broad SMARTS) is 1. The molecule has 0 aromatic heterocycles. The quantitative estimate of drug-likeness (QED) is 0.736. The fourth-order valence-electron chi connectivity index (χ4n) is 0.756. The molecule has 0 heterocycles. The van der Waals surface area contributed by atoms with E-state index in [0.29, 0.717) is 0 Å². The minimum absolute atomic E-state index is 0.0481. The average molecular weight is 190 g/mol. The number of hydrogen-bond acceptors (Lipinski definition) is 3. The third kappa shape index (κ3) is 3.26. The number of aliphatic carboxylic acids is 1. The van der Waals surface area contributed by atoms with Gasteiger partial charge < -0.3 is 5.11 Å². The Morgan fingerprint density at radius 3 is 2.08 bits per heavy atom. The first-order chi connectivity index (χ1) is 5.27. The van der Waals surface area contributed by atoms with E-state index < -0.39 is 16.6 Å². The number of rotatable bonds is 3. The number of hydrogen-bond donors (Lipinski definition) is 1. The van der Waals surface area contributed by atoms with E-state index in [2.05, 4.69) is 0 Å². The molecule has 4 heteroatoms. The fraction of sp³-hybridized carbons (Fsp3) is 0.750. The van der Waals surface area contributed by atoms with Crippen molar-refractivity contribution in [2.45, 2.75) is 32.4 Å². The van der Waals surface area contributed by atoms with Gasteiger partial charge in [-0.25, -0.2) is 0 Å². The third-order valence-corrected chi connectivity index (χ3v) is 2.99. The fourth-order valence-corrected chi connectivity index (χ4v) is 1.77. The van der Waals surface area contributed by atoms with E-state index in [1.54, 1.807) is 20.8 Å². The molecule has 0 aliphatic rings. The Morgan fingerprint density at radius 2 is 1.83 bits per heavy atom. The number of carboxylic acids is 1. The summed E-state index contributed by atoms with van der Waals surface area (Å²) in [7, 11) is 0. The zero-order chi connectivity index (χ0) is 9.94. The second-order valence-electron chi connectivity index (χ2n) is 3.26. The molecule has 1 atom stereocenters. The first kappa shape index (κ1) is 11.5. The Hall–Kier alpha value is -0.510. The van der Waals surface area contributed by atoms with Crippen LogP contribution in [0.1, 0.15) is 27.7 Å². The van der Waals surface area contributed by atoms with Crippen LogP contribution in [0.15, 0.2) is 0 Å². The number of thioether (sulfide) groups is 1. The molecule has 0 aliphatic carbocycles. The van der Waals surface area contributed by atoms with Crippen LogP contribution in [0.25, 0.3) is 0 Å². The molecule has 70 valence electrons. The largest absolute Gasteiger partial charge is 0.481 e. The Kier molecular flexibility index (Phi) is 3.77. The molecule has 1 unspecified atom stereocenters. The molecule has 3 nitrogen and oxygen atoms in total. The van der Waals surface area contributed by atoms with Crippen molar-refractivity contribution in [3.63, 3.8) is 0 Å². The summed E-state index contributed by atoms with van der Waals surface area (Å²) in [5, 5.41) is 8.66. The van der Waals surface area contributed by atoms with Gasteiger partial charge in [0.05, 0.1) is 5.92 Å². The highest BCUT2D eigenvalue weighted by Gasteiger charge is 2.33. The molecule has 0 aliphatic heterocycles. The molecule has 0 aromatic carbocycles. The highest BCUT2D eigenvalue weighted by Crippen LogP contribution is 2.32. The van der Waals surface area contributed by atoms with Gasteiger partial charge in [-0.2, -0.15) is 0 Å². The second-order valence-corrected chi connectivity index (χ2v) is 5.09. The van der Waals surface area contributed by atoms with Gasteiger partial charge in [0.2, 0.25) is 0 Å². The van der Waals surface area contributed by atoms with Crippen LogP contribution in [0.3, 0.4) is 0 Å². The predicted octanol–water partition coefficient (Wildman–Crippen LogP) is 1.77. The van der Waals surface area contributed by atoms with Gasteiger partial charge in [0.1, 0.15) is 0 Å². The van der Waals surface area contributed by atoms with Gasteiger partial charge >= 0.3 is 5.97 Å². The summed E-state index contributed by atoms with van der Waals surface area (Å²) in [6.07, 6.45) is 0. The summed E-state index contributed by atoms with van der Waals surface area (Å²) < 4.78 is -0.530. The zero-order valence-corrected chi connectivity index (χ0v) is 8.57. The zero-order valence-electron chi connectivity index (χ0n) is 7.75. The van der Waals surface area contributed by atoms with Gasteiger partial charge in [-0.05, 0) is 13.8 Å². The molecule has 0 fully saturated rings. The normalized spacial score (nSPS) is 14.0. The second kappa shape index (κ2) is 3.94. The molecule has 0 saturated carbocycles. The van der Waals surface area contributed by atoms with E-state index in [-0.39, 0.29) is 5.12 Å². The molecule has 0 saturated heterocycles. The van der Waals surface area contributed by atoms with E-state index in [9.17, 15) is 9.59 Å². The molecular weight excluding hydrogens is 176 g/mol. The van der Waals surface area contributed by atoms with Gasteiger partial charge in [-0.1, -0.05) is 18.7 Å². The summed E-state index contributed by atoms with van der Waals surface area (Å²) in [6, 6.07) is 0. The maximum Gasteiger partial charge on any atom is 0.307 e. The minimum atomic E-state index is -0.867. The van der Waals surface area contributed by atoms with E-state index in [1.165, 1.54) is 6.92 Å². The van der Waals surface area contributed by atoms with Gasteiger partial charge in [-0.3, -0.25) is 9.59 Å². The Labute approximate surface area is 76.5 Å². The number of carbonyl (C=O) groups is 2. The van der Waals surface area contributed by atoms with Crippen LogP contribution in [-0.4, -0.2) is 20.9 Å². The van der Waals surface area contributed by atoms with E-state index in [1.807, 2.05) is 0 Å². The van der Waals surface area contributed by atoms with Crippen LogP contribution in [-0.2, 0) is 9.59 Å². The van der Waals surface area contributed by atoms with Gasteiger partial charge in [0.25, 0.3) is 0 Å². The van der Waals surface area contributed by atoms with Gasteiger partial charge in [-0.15, -0.1) is 0 Å². The molecular formula is C8H14O3S. The maximum absolute atomic E-state index is 10.8. The lowest BCUT2D eigenvalue weighted by molar-refractivity contribution is -0.141. The summed E-state index contributed by atoms with van der Waals surface area (Å²) in [6.45, 7) is 6.58. The average Bonchev–Trinajstić information content (AvgIpc) is 1.82. The lowest BCUT2D eigenvalue weighted by atomic mass is 9.97. The molecule has 0 bridgehead atoms. The van der Waals surface area contributed by atoms with Crippen molar-refractivity contribution in [2.24, 2.45) is 5.92 Å². The van der Waals surface area contributed by atoms with E-state index >= 15 is 0 Å². The van der Waals surface area contributed by atoms with E-state index in [0.717, 1.165) is 11.8 Å². The van der Waals surface area contributed by atoms with Crippen molar-refractivity contribution in [1.29, 1.82) is 0 Å². The summed E-state index contributed by atoms with van der Waals surface area (Å²) in [4.78, 5) is 21.4. The molecule has 12 heavy (non-hydrogen) atoms. The molecule has 0 aromatic rings. The van der Waals surface area contributed by atoms with Crippen molar-refractivity contribution in [3.05, 3.63) is 0 Å². The Morgan fingerprint density at radius 1 is 1.42 bits per heavy atom. The molecule has 1 N–H and O–H groups in total. The molecule has 0 radical (unpaired) electrons. The third-order valence-electron chi connectivity index (χ3n) is 1.82. The molecule has 0 spiro atoms. The van der Waals surface area contributed by atoms with E-state index in [4.69, 9.17) is 5.11 Å². The maximum atomic E-state index is 10.8. The van der Waals surface area contributed by atoms with Crippen LogP contribution in [0.5, 0.6) is 0 Å². The SMILES string of the molecule is CC(=O)SC(C)(C)C(C)C(=O)O. The Bertz CT molecular complexity index is 198. The van der Waals surface area contributed by atoms with Crippen molar-refractivity contribution in [3.8, 4) is 0 Å². The van der Waals surface area contributed by atoms with Crippen LogP contribution >= 0.6 is 11.8 Å². The smallest absolute Gasteiger partial charge is 0.307 e. The summed E-state index contributed by atoms with van der Waals surface area (Å²) in [5.74, 6) is -1.39. The van der Waals surface area contributed by atoms with Crippen molar-refractivity contribution in [2.75, 3.05) is 0 Å². The van der Waals surface area contributed by atoms with Crippen LogP contribution in [0, 0.1) is 5.92 Å². The van der Waals surface area contributed by atoms with Crippen LogP contribution in [0.2, 0.25) is 0 Å². The summed E-state index contributed by atoms with van der Waals surface area (Å²) >= 11 is 1.07. The topological polar surface area (TPSA) is 54.4 Å². The predicted molar refractivity (Wildman–Crippen MR) is 49.2 cm³/mol. The molecule has 0 rings (SSSR count). The van der Waals surface area contributed by atoms with Crippen molar-refractivity contribution in [1.82, 2.24) is 0 Å². The molecule has 0 amide bonds. The summed E-state index contributed by atoms with van der Waals surface area (Å²) in [5.41, 5.74) is 0. The highest BCUT2D eigenvalue weighted by atomic mass is 32.2. The standard InChI is InChI=1S/C8H14O3S/c1-5(7(10)11)8(3,4)12-6(2)9/h5H,1-4H3,(H,10,11). The van der Waals surface area contributed by atoms with Crippen LogP contribution in [0.4, 0.5) is 0 Å².